The Kier molecular flexibility index (Phi) is 3.67. The minimum absolute atomic E-state index is 0.208. The van der Waals surface area contributed by atoms with Crippen molar-refractivity contribution in [3.8, 4) is 0 Å². The van der Waals surface area contributed by atoms with Gasteiger partial charge in [-0.1, -0.05) is 37.9 Å². The summed E-state index contributed by atoms with van der Waals surface area (Å²) in [6.45, 7) is 0.208. The average molecular weight is 413 g/mol. The van der Waals surface area contributed by atoms with E-state index < -0.39 is 11.7 Å². The summed E-state index contributed by atoms with van der Waals surface area (Å²) in [5.41, 5.74) is 1.69. The predicted molar refractivity (Wildman–Crippen MR) is 83.8 cm³/mol. The van der Waals surface area contributed by atoms with Crippen molar-refractivity contribution < 1.29 is 14.0 Å². The number of rotatable bonds is 2. The second-order valence-electron chi connectivity index (χ2n) is 4.62. The van der Waals surface area contributed by atoms with Crippen molar-refractivity contribution in [3.63, 3.8) is 0 Å². The van der Waals surface area contributed by atoms with Crippen LogP contribution in [0.4, 0.5) is 10.1 Å². The van der Waals surface area contributed by atoms with Crippen molar-refractivity contribution in [2.75, 3.05) is 4.90 Å². The van der Waals surface area contributed by atoms with Gasteiger partial charge < -0.3 is 4.90 Å². The molecule has 1 heterocycles. The maximum atomic E-state index is 13.1. The van der Waals surface area contributed by atoms with Crippen LogP contribution in [0.1, 0.15) is 15.9 Å². The van der Waals surface area contributed by atoms with Gasteiger partial charge >= 0.3 is 0 Å². The van der Waals surface area contributed by atoms with E-state index in [0.29, 0.717) is 15.7 Å². The monoisotopic (exact) mass is 411 g/mol. The van der Waals surface area contributed by atoms with E-state index in [4.69, 9.17) is 0 Å². The number of nitrogens with zero attached hydrogens (tertiary/aromatic N) is 1. The Bertz CT molecular complexity index is 776. The minimum Gasteiger partial charge on any atom is -0.300 e. The SMILES string of the molecule is O=C1C(=O)N(Cc2ccc(F)cc2Br)c2ccc(Br)cc21. The highest BCUT2D eigenvalue weighted by Crippen LogP contribution is 2.33. The van der Waals surface area contributed by atoms with Crippen LogP contribution in [0, 0.1) is 5.82 Å². The molecule has 0 atom stereocenters. The average Bonchev–Trinajstić information content (AvgIpc) is 2.66. The first-order valence-corrected chi connectivity index (χ1v) is 7.65. The molecule has 0 bridgehead atoms. The summed E-state index contributed by atoms with van der Waals surface area (Å²) < 4.78 is 14.4. The molecule has 0 N–H and O–H groups in total. The molecule has 2 aromatic carbocycles. The third kappa shape index (κ3) is 2.53. The van der Waals surface area contributed by atoms with Crippen LogP contribution in [0.25, 0.3) is 0 Å². The predicted octanol–water partition coefficient (Wildman–Crippen LogP) is 4.08. The van der Waals surface area contributed by atoms with Crippen molar-refractivity contribution in [3.05, 3.63) is 62.3 Å². The highest BCUT2D eigenvalue weighted by molar-refractivity contribution is 9.10. The smallest absolute Gasteiger partial charge is 0.299 e. The summed E-state index contributed by atoms with van der Waals surface area (Å²) in [5.74, 6) is -1.46. The molecule has 3 nitrogen and oxygen atoms in total. The van der Waals surface area contributed by atoms with Gasteiger partial charge in [0.25, 0.3) is 11.7 Å². The summed E-state index contributed by atoms with van der Waals surface area (Å²) in [6.07, 6.45) is 0. The van der Waals surface area contributed by atoms with Gasteiger partial charge in [0.2, 0.25) is 0 Å². The standard InChI is InChI=1S/C15H8Br2FNO2/c16-9-2-4-13-11(5-9)14(20)15(21)19(13)7-8-1-3-10(18)6-12(8)17/h1-6H,7H2. The lowest BCUT2D eigenvalue weighted by Crippen LogP contribution is -2.29. The summed E-state index contributed by atoms with van der Waals surface area (Å²) >= 11 is 6.56. The number of carbonyl (C=O) groups is 2. The number of benzene rings is 2. The van der Waals surface area contributed by atoms with Crippen molar-refractivity contribution in [1.82, 2.24) is 0 Å². The van der Waals surface area contributed by atoms with Crippen LogP contribution < -0.4 is 4.90 Å². The highest BCUT2D eigenvalue weighted by atomic mass is 79.9. The molecule has 106 valence electrons. The highest BCUT2D eigenvalue weighted by Gasteiger charge is 2.36. The van der Waals surface area contributed by atoms with Crippen molar-refractivity contribution in [2.45, 2.75) is 6.54 Å². The summed E-state index contributed by atoms with van der Waals surface area (Å²) in [4.78, 5) is 25.5. The van der Waals surface area contributed by atoms with Crippen LogP contribution in [0.15, 0.2) is 45.3 Å². The molecule has 0 spiro atoms. The maximum Gasteiger partial charge on any atom is 0.299 e. The molecule has 0 saturated heterocycles. The topological polar surface area (TPSA) is 37.4 Å². The first kappa shape index (κ1) is 14.4. The summed E-state index contributed by atoms with van der Waals surface area (Å²) in [6, 6.07) is 9.38. The first-order valence-electron chi connectivity index (χ1n) is 6.07. The fourth-order valence-electron chi connectivity index (χ4n) is 2.25. The molecule has 0 aliphatic carbocycles. The fourth-order valence-corrected chi connectivity index (χ4v) is 3.09. The van der Waals surface area contributed by atoms with E-state index in [0.717, 1.165) is 10.0 Å². The molecular weight excluding hydrogens is 405 g/mol. The van der Waals surface area contributed by atoms with Gasteiger partial charge in [-0.05, 0) is 35.9 Å². The largest absolute Gasteiger partial charge is 0.300 e. The Labute approximate surface area is 137 Å². The molecule has 0 fully saturated rings. The van der Waals surface area contributed by atoms with Gasteiger partial charge in [0.15, 0.2) is 0 Å². The number of ketones is 1. The Morgan fingerprint density at radius 2 is 1.81 bits per heavy atom. The molecule has 1 amide bonds. The van der Waals surface area contributed by atoms with E-state index in [2.05, 4.69) is 31.9 Å². The summed E-state index contributed by atoms with van der Waals surface area (Å²) in [5, 5.41) is 0. The van der Waals surface area contributed by atoms with Gasteiger partial charge in [-0.25, -0.2) is 4.39 Å². The molecule has 0 unspecified atom stereocenters. The Morgan fingerprint density at radius 3 is 2.52 bits per heavy atom. The van der Waals surface area contributed by atoms with E-state index in [9.17, 15) is 14.0 Å². The van der Waals surface area contributed by atoms with Gasteiger partial charge in [-0.15, -0.1) is 0 Å². The minimum atomic E-state index is -0.570. The molecule has 21 heavy (non-hydrogen) atoms. The number of halogens is 3. The van der Waals surface area contributed by atoms with E-state index in [1.165, 1.54) is 17.0 Å². The van der Waals surface area contributed by atoms with Crippen LogP contribution >= 0.6 is 31.9 Å². The van der Waals surface area contributed by atoms with Crippen LogP contribution in [-0.4, -0.2) is 11.7 Å². The molecule has 1 aliphatic rings. The van der Waals surface area contributed by atoms with Crippen molar-refractivity contribution in [2.24, 2.45) is 0 Å². The molecule has 1 aliphatic heterocycles. The van der Waals surface area contributed by atoms with Crippen molar-refractivity contribution >= 4 is 49.2 Å². The normalized spacial score (nSPS) is 13.8. The molecule has 0 aromatic heterocycles. The number of hydrogen-bond donors (Lipinski definition) is 0. The molecule has 0 saturated carbocycles. The maximum absolute atomic E-state index is 13.1. The van der Waals surface area contributed by atoms with Gasteiger partial charge in [-0.2, -0.15) is 0 Å². The lowest BCUT2D eigenvalue weighted by atomic mass is 10.1. The van der Waals surface area contributed by atoms with Gasteiger partial charge in [0, 0.05) is 8.95 Å². The molecule has 2 aromatic rings. The quantitative estimate of drug-likeness (QED) is 0.697. The zero-order valence-electron chi connectivity index (χ0n) is 10.6. The van der Waals surface area contributed by atoms with Crippen molar-refractivity contribution in [1.29, 1.82) is 0 Å². The molecule has 0 radical (unpaired) electrons. The third-order valence-electron chi connectivity index (χ3n) is 3.28. The Balaban J connectivity index is 2.00. The summed E-state index contributed by atoms with van der Waals surface area (Å²) in [7, 11) is 0. The molecular formula is C15H8Br2FNO2. The van der Waals surface area contributed by atoms with Crippen LogP contribution in [-0.2, 0) is 11.3 Å². The van der Waals surface area contributed by atoms with E-state index in [1.54, 1.807) is 24.3 Å². The van der Waals surface area contributed by atoms with Crippen LogP contribution in [0.3, 0.4) is 0 Å². The number of anilines is 1. The second-order valence-corrected chi connectivity index (χ2v) is 6.39. The zero-order valence-corrected chi connectivity index (χ0v) is 13.7. The number of Topliss-reactive ketones (excluding diaryl/α,β-unsaturated/α-hetero) is 1. The van der Waals surface area contributed by atoms with Crippen LogP contribution in [0.5, 0.6) is 0 Å². The second kappa shape index (κ2) is 5.35. The van der Waals surface area contributed by atoms with Gasteiger partial charge in [-0.3, -0.25) is 9.59 Å². The molecule has 6 heteroatoms. The number of hydrogen-bond acceptors (Lipinski definition) is 2. The lowest BCUT2D eigenvalue weighted by molar-refractivity contribution is -0.114. The third-order valence-corrected chi connectivity index (χ3v) is 4.51. The Hall–Kier alpha value is -1.53. The molecule has 3 rings (SSSR count). The lowest BCUT2D eigenvalue weighted by Gasteiger charge is -2.17. The number of carbonyl (C=O) groups excluding carboxylic acids is 2. The van der Waals surface area contributed by atoms with Gasteiger partial charge in [0.1, 0.15) is 5.82 Å². The van der Waals surface area contributed by atoms with Gasteiger partial charge in [0.05, 0.1) is 17.8 Å². The zero-order chi connectivity index (χ0) is 15.1. The fraction of sp³-hybridized carbons (Fsp3) is 0.0667. The first-order chi connectivity index (χ1) is 9.97. The van der Waals surface area contributed by atoms with Crippen LogP contribution in [0.2, 0.25) is 0 Å². The number of amides is 1. The van der Waals surface area contributed by atoms with E-state index in [1.807, 2.05) is 0 Å². The number of fused-ring (bicyclic) bond motifs is 1. The Morgan fingerprint density at radius 1 is 1.05 bits per heavy atom. The van der Waals surface area contributed by atoms with E-state index in [-0.39, 0.29) is 12.4 Å². The van der Waals surface area contributed by atoms with E-state index >= 15 is 0 Å².